The van der Waals surface area contributed by atoms with Crippen LogP contribution in [0.4, 0.5) is 5.82 Å². The Balaban J connectivity index is 1.07. The van der Waals surface area contributed by atoms with E-state index in [0.717, 1.165) is 84.2 Å². The minimum Gasteiger partial charge on any atom is -0.493 e. The third kappa shape index (κ3) is 5.76. The highest BCUT2D eigenvalue weighted by molar-refractivity contribution is 5.64. The van der Waals surface area contributed by atoms with E-state index >= 15 is 0 Å². The minimum absolute atomic E-state index is 0.181. The van der Waals surface area contributed by atoms with E-state index in [1.807, 2.05) is 54.4 Å². The third-order valence-corrected chi connectivity index (χ3v) is 7.27. The lowest BCUT2D eigenvalue weighted by atomic mass is 10.1. The molecule has 200 valence electrons. The predicted octanol–water partition coefficient (Wildman–Crippen LogP) is 4.57. The van der Waals surface area contributed by atoms with Crippen molar-refractivity contribution in [1.82, 2.24) is 29.1 Å². The van der Waals surface area contributed by atoms with Crippen LogP contribution in [-0.2, 0) is 13.6 Å². The first-order valence-corrected chi connectivity index (χ1v) is 13.4. The van der Waals surface area contributed by atoms with Crippen LogP contribution in [0.2, 0.25) is 0 Å². The van der Waals surface area contributed by atoms with Gasteiger partial charge in [0.15, 0.2) is 0 Å². The number of hydroxylamine groups is 3. The first-order chi connectivity index (χ1) is 19.0. The minimum atomic E-state index is 0.181. The number of hydrogen-bond acceptors (Lipinski definition) is 7. The Kier molecular flexibility index (Phi) is 6.95. The van der Waals surface area contributed by atoms with Gasteiger partial charge in [0.1, 0.15) is 43.2 Å². The molecule has 5 heterocycles. The van der Waals surface area contributed by atoms with E-state index < -0.39 is 0 Å². The Morgan fingerprint density at radius 3 is 2.64 bits per heavy atom. The molecule has 6 rings (SSSR count). The molecule has 1 aliphatic heterocycles. The molecule has 0 unspecified atom stereocenters. The largest absolute Gasteiger partial charge is 0.493 e. The fourth-order valence-corrected chi connectivity index (χ4v) is 5.11. The second kappa shape index (κ2) is 10.8. The van der Waals surface area contributed by atoms with E-state index in [2.05, 4.69) is 49.6 Å². The summed E-state index contributed by atoms with van der Waals surface area (Å²) in [5.41, 5.74) is 5.84. The van der Waals surface area contributed by atoms with Crippen molar-refractivity contribution in [3.05, 3.63) is 79.1 Å². The Labute approximate surface area is 227 Å². The highest BCUT2D eigenvalue weighted by Crippen LogP contribution is 2.24. The number of likely N-dealkylation sites (tertiary alicyclic amines) is 1. The molecule has 1 fully saturated rings. The van der Waals surface area contributed by atoms with Crippen LogP contribution >= 0.6 is 0 Å². The molecular weight excluding hydrogens is 492 g/mol. The van der Waals surface area contributed by atoms with Gasteiger partial charge >= 0.3 is 0 Å². The Morgan fingerprint density at radius 2 is 1.85 bits per heavy atom. The van der Waals surface area contributed by atoms with E-state index in [1.165, 1.54) is 0 Å². The first-order valence-electron chi connectivity index (χ1n) is 13.4. The zero-order valence-electron chi connectivity index (χ0n) is 22.1. The Hall–Kier alpha value is -4.28. The number of aryl methyl sites for hydroxylation is 1. The number of pyridine rings is 1. The van der Waals surface area contributed by atoms with Gasteiger partial charge in [0.2, 0.25) is 0 Å². The lowest BCUT2D eigenvalue weighted by Crippen LogP contribution is -2.42. The molecular formula is C29H33N8O2+. The summed E-state index contributed by atoms with van der Waals surface area (Å²) in [6.45, 7) is 3.65. The summed E-state index contributed by atoms with van der Waals surface area (Å²) in [5.74, 6) is 1.51. The SMILES string of the molecule is Cn1cc(-c2ccc(CNc3cc(-c4cnc5cc(OCCC[N+]6(O)CCCC6)ccn45)ncn3)cc2)cn1. The molecule has 0 aliphatic carbocycles. The maximum atomic E-state index is 10.5. The Morgan fingerprint density at radius 1 is 1.00 bits per heavy atom. The third-order valence-electron chi connectivity index (χ3n) is 7.27. The standard InChI is InChI=1S/C29H33N8O2/c1-35-20-24(18-34-35)23-7-5-22(6-8-23)17-30-28-16-26(32-21-33-28)27-19-31-29-15-25(9-10-36(27)29)39-14-4-13-37(38)11-2-3-12-37/h5-10,15-16,18-21,38H,2-4,11-14,17H2,1H3,(H,30,32,33)/q+1. The van der Waals surface area contributed by atoms with Crippen LogP contribution in [0.15, 0.2) is 73.6 Å². The number of rotatable bonds is 10. The van der Waals surface area contributed by atoms with Crippen molar-refractivity contribution < 1.29 is 14.6 Å². The van der Waals surface area contributed by atoms with Gasteiger partial charge < -0.3 is 10.1 Å². The molecule has 0 bridgehead atoms. The van der Waals surface area contributed by atoms with Crippen molar-refractivity contribution in [3.8, 4) is 28.3 Å². The molecule has 4 aromatic heterocycles. The molecule has 39 heavy (non-hydrogen) atoms. The van der Waals surface area contributed by atoms with E-state index in [1.54, 1.807) is 11.0 Å². The molecule has 1 saturated heterocycles. The van der Waals surface area contributed by atoms with Crippen LogP contribution in [-0.4, -0.2) is 65.2 Å². The summed E-state index contributed by atoms with van der Waals surface area (Å²) in [7, 11) is 1.92. The second-order valence-corrected chi connectivity index (χ2v) is 10.2. The van der Waals surface area contributed by atoms with Crippen LogP contribution in [0.1, 0.15) is 24.8 Å². The lowest BCUT2D eigenvalue weighted by molar-refractivity contribution is -1.09. The van der Waals surface area contributed by atoms with Crippen molar-refractivity contribution in [2.75, 3.05) is 31.6 Å². The number of aromatic nitrogens is 6. The number of imidazole rings is 1. The molecule has 0 saturated carbocycles. The van der Waals surface area contributed by atoms with Crippen molar-refractivity contribution >= 4 is 11.5 Å². The van der Waals surface area contributed by atoms with Gasteiger partial charge in [-0.1, -0.05) is 24.3 Å². The van der Waals surface area contributed by atoms with Crippen LogP contribution in [0.5, 0.6) is 5.75 Å². The highest BCUT2D eigenvalue weighted by atomic mass is 16.5. The topological polar surface area (TPSA) is 102 Å². The molecule has 0 spiro atoms. The van der Waals surface area contributed by atoms with Gasteiger partial charge in [-0.3, -0.25) is 9.08 Å². The van der Waals surface area contributed by atoms with Crippen LogP contribution in [0, 0.1) is 0 Å². The van der Waals surface area contributed by atoms with Gasteiger partial charge in [-0.25, -0.2) is 20.2 Å². The number of anilines is 1. The van der Waals surface area contributed by atoms with E-state index in [0.29, 0.717) is 13.2 Å². The summed E-state index contributed by atoms with van der Waals surface area (Å²) in [4.78, 5) is 13.5. The summed E-state index contributed by atoms with van der Waals surface area (Å²) >= 11 is 0. The van der Waals surface area contributed by atoms with Gasteiger partial charge in [-0.2, -0.15) is 9.75 Å². The molecule has 0 amide bonds. The molecule has 0 atom stereocenters. The van der Waals surface area contributed by atoms with Gasteiger partial charge in [0.05, 0.1) is 30.4 Å². The Bertz CT molecular complexity index is 1550. The normalized spacial score (nSPS) is 14.6. The molecule has 1 aliphatic rings. The average molecular weight is 526 g/mol. The second-order valence-electron chi connectivity index (χ2n) is 10.2. The van der Waals surface area contributed by atoms with Crippen molar-refractivity contribution in [2.45, 2.75) is 25.8 Å². The fourth-order valence-electron chi connectivity index (χ4n) is 5.11. The van der Waals surface area contributed by atoms with Gasteiger partial charge in [0, 0.05) is 62.9 Å². The molecule has 10 heteroatoms. The van der Waals surface area contributed by atoms with Crippen LogP contribution < -0.4 is 10.1 Å². The zero-order valence-corrected chi connectivity index (χ0v) is 22.1. The first kappa shape index (κ1) is 25.0. The molecule has 0 radical (unpaired) electrons. The van der Waals surface area contributed by atoms with Crippen molar-refractivity contribution in [1.29, 1.82) is 0 Å². The maximum Gasteiger partial charge on any atom is 0.140 e. The van der Waals surface area contributed by atoms with E-state index in [-0.39, 0.29) is 4.65 Å². The molecule has 10 nitrogen and oxygen atoms in total. The highest BCUT2D eigenvalue weighted by Gasteiger charge is 2.29. The number of quaternary nitrogens is 1. The fraction of sp³-hybridized carbons (Fsp3) is 0.310. The number of benzene rings is 1. The number of nitrogens with one attached hydrogen (secondary N) is 1. The molecule has 2 N–H and O–H groups in total. The van der Waals surface area contributed by atoms with Crippen molar-refractivity contribution in [3.63, 3.8) is 0 Å². The summed E-state index contributed by atoms with van der Waals surface area (Å²) in [5, 5.41) is 18.1. The molecule has 5 aromatic rings. The van der Waals surface area contributed by atoms with Gasteiger partial charge in [-0.05, 0) is 17.2 Å². The number of ether oxygens (including phenoxy) is 1. The van der Waals surface area contributed by atoms with Crippen molar-refractivity contribution in [2.24, 2.45) is 7.05 Å². The number of fused-ring (bicyclic) bond motifs is 1. The summed E-state index contributed by atoms with van der Waals surface area (Å²) in [6, 6.07) is 14.2. The summed E-state index contributed by atoms with van der Waals surface area (Å²) in [6.07, 6.45) is 12.2. The number of nitrogens with zero attached hydrogens (tertiary/aromatic N) is 7. The predicted molar refractivity (Wildman–Crippen MR) is 148 cm³/mol. The maximum absolute atomic E-state index is 10.5. The van der Waals surface area contributed by atoms with E-state index in [4.69, 9.17) is 4.74 Å². The zero-order chi connectivity index (χ0) is 26.7. The smallest absolute Gasteiger partial charge is 0.140 e. The van der Waals surface area contributed by atoms with Gasteiger partial charge in [-0.15, -0.1) is 0 Å². The van der Waals surface area contributed by atoms with Crippen LogP contribution in [0.3, 0.4) is 0 Å². The van der Waals surface area contributed by atoms with E-state index in [9.17, 15) is 5.21 Å². The quantitative estimate of drug-likeness (QED) is 0.203. The lowest BCUT2D eigenvalue weighted by Gasteiger charge is -2.24. The number of hydrogen-bond donors (Lipinski definition) is 2. The summed E-state index contributed by atoms with van der Waals surface area (Å²) < 4.78 is 9.93. The van der Waals surface area contributed by atoms with Gasteiger partial charge in [0.25, 0.3) is 0 Å². The monoisotopic (exact) mass is 525 g/mol. The molecule has 1 aromatic carbocycles. The average Bonchev–Trinajstić information content (AvgIpc) is 3.70. The van der Waals surface area contributed by atoms with Crippen LogP contribution in [0.25, 0.3) is 28.2 Å².